The van der Waals surface area contributed by atoms with Gasteiger partial charge >= 0.3 is 0 Å². The van der Waals surface area contributed by atoms with Crippen LogP contribution in [0.5, 0.6) is 5.75 Å². The molecule has 156 valence electrons. The Balaban J connectivity index is 1.37. The Labute approximate surface area is 185 Å². The fourth-order valence-electron chi connectivity index (χ4n) is 4.53. The smallest absolute Gasteiger partial charge is 0.151 e. The van der Waals surface area contributed by atoms with Gasteiger partial charge in [0, 0.05) is 29.7 Å². The van der Waals surface area contributed by atoms with E-state index in [4.69, 9.17) is 27.9 Å². The summed E-state index contributed by atoms with van der Waals surface area (Å²) in [6.45, 7) is 1.60. The van der Waals surface area contributed by atoms with Crippen LogP contribution in [0.2, 0.25) is 10.0 Å². The lowest BCUT2D eigenvalue weighted by Crippen LogP contribution is -2.25. The molecule has 2 aliphatic rings. The normalized spacial score (nSPS) is 21.6. The quantitative estimate of drug-likeness (QED) is 0.568. The number of nitrogens with zero attached hydrogens (tertiary/aromatic N) is 5. The molecule has 1 fully saturated rings. The minimum atomic E-state index is 0.172. The highest BCUT2D eigenvalue weighted by Crippen LogP contribution is 2.37. The van der Waals surface area contributed by atoms with Crippen LogP contribution in [-0.2, 0) is 13.1 Å². The van der Waals surface area contributed by atoms with Crippen molar-refractivity contribution in [2.45, 2.75) is 50.8 Å². The maximum Gasteiger partial charge on any atom is 0.151 e. The van der Waals surface area contributed by atoms with Gasteiger partial charge in [0.05, 0.1) is 29.6 Å². The van der Waals surface area contributed by atoms with Gasteiger partial charge < -0.3 is 4.74 Å². The van der Waals surface area contributed by atoms with E-state index >= 15 is 0 Å². The van der Waals surface area contributed by atoms with Crippen molar-refractivity contribution in [3.8, 4) is 11.4 Å². The maximum atomic E-state index is 6.27. The largest absolute Gasteiger partial charge is 0.489 e. The van der Waals surface area contributed by atoms with Crippen LogP contribution >= 0.6 is 23.2 Å². The Morgan fingerprint density at radius 3 is 2.60 bits per heavy atom. The zero-order valence-corrected chi connectivity index (χ0v) is 18.3. The molecule has 5 rings (SSSR count). The molecule has 0 unspecified atom stereocenters. The summed E-state index contributed by atoms with van der Waals surface area (Å²) in [6, 6.07) is 7.91. The molecule has 0 radical (unpaired) electrons. The summed E-state index contributed by atoms with van der Waals surface area (Å²) in [7, 11) is 2.10. The molecule has 1 saturated carbocycles. The fourth-order valence-corrected chi connectivity index (χ4v) is 4.89. The summed E-state index contributed by atoms with van der Waals surface area (Å²) in [5.41, 5.74) is 2.34. The molecule has 1 aromatic carbocycles. The highest BCUT2D eigenvalue weighted by molar-refractivity contribution is 6.30. The summed E-state index contributed by atoms with van der Waals surface area (Å²) in [4.78, 5) is 6.35. The number of rotatable bonds is 3. The third-order valence-electron chi connectivity index (χ3n) is 5.91. The van der Waals surface area contributed by atoms with E-state index in [9.17, 15) is 0 Å². The number of benzene rings is 1. The average molecular weight is 444 g/mol. The lowest BCUT2D eigenvalue weighted by Gasteiger charge is -2.29. The van der Waals surface area contributed by atoms with E-state index in [1.165, 1.54) is 5.56 Å². The van der Waals surface area contributed by atoms with Crippen molar-refractivity contribution >= 4 is 23.2 Å². The van der Waals surface area contributed by atoms with Crippen molar-refractivity contribution in [3.05, 3.63) is 63.9 Å². The second-order valence-corrected chi connectivity index (χ2v) is 9.06. The Bertz CT molecular complexity index is 1060. The molecule has 3 aromatic rings. The monoisotopic (exact) mass is 443 g/mol. The van der Waals surface area contributed by atoms with Crippen molar-refractivity contribution in [2.24, 2.45) is 0 Å². The minimum Gasteiger partial charge on any atom is -0.489 e. The Morgan fingerprint density at radius 1 is 0.967 bits per heavy atom. The molecule has 0 atom stereocenters. The molecule has 6 nitrogen and oxygen atoms in total. The summed E-state index contributed by atoms with van der Waals surface area (Å²) in [6.07, 6.45) is 7.45. The van der Waals surface area contributed by atoms with Crippen LogP contribution in [0.3, 0.4) is 0 Å². The van der Waals surface area contributed by atoms with Crippen molar-refractivity contribution in [1.29, 1.82) is 0 Å². The van der Waals surface area contributed by atoms with Gasteiger partial charge in [-0.2, -0.15) is 0 Å². The van der Waals surface area contributed by atoms with Gasteiger partial charge in [-0.05, 0) is 56.5 Å². The molecule has 1 aliphatic heterocycles. The van der Waals surface area contributed by atoms with Crippen LogP contribution in [0.15, 0.2) is 36.7 Å². The second kappa shape index (κ2) is 8.17. The van der Waals surface area contributed by atoms with E-state index in [0.717, 1.165) is 66.9 Å². The molecule has 0 bridgehead atoms. The van der Waals surface area contributed by atoms with Crippen molar-refractivity contribution < 1.29 is 4.74 Å². The Kier molecular flexibility index (Phi) is 5.39. The Hall–Kier alpha value is -2.15. The first-order valence-corrected chi connectivity index (χ1v) is 11.0. The van der Waals surface area contributed by atoms with E-state index in [1.807, 2.05) is 12.1 Å². The molecule has 0 amide bonds. The van der Waals surface area contributed by atoms with Gasteiger partial charge in [0.2, 0.25) is 0 Å². The lowest BCUT2D eigenvalue weighted by molar-refractivity contribution is 0.144. The summed E-state index contributed by atoms with van der Waals surface area (Å²) >= 11 is 12.3. The highest BCUT2D eigenvalue weighted by Gasteiger charge is 2.30. The van der Waals surface area contributed by atoms with Gasteiger partial charge in [0.25, 0.3) is 0 Å². The van der Waals surface area contributed by atoms with Crippen molar-refractivity contribution in [1.82, 2.24) is 24.6 Å². The minimum absolute atomic E-state index is 0.172. The van der Waals surface area contributed by atoms with Gasteiger partial charge in [-0.25, -0.2) is 0 Å². The van der Waals surface area contributed by atoms with Gasteiger partial charge in [-0.15, -0.1) is 10.2 Å². The second-order valence-electron chi connectivity index (χ2n) is 8.19. The average Bonchev–Trinajstić information content (AvgIpc) is 3.06. The number of fused-ring (bicyclic) bond motifs is 3. The number of ether oxygens (including phenoxy) is 1. The van der Waals surface area contributed by atoms with Gasteiger partial charge in [0.1, 0.15) is 11.6 Å². The first kappa shape index (κ1) is 19.8. The molecular weight excluding hydrogens is 421 g/mol. The predicted octanol–water partition coefficient (Wildman–Crippen LogP) is 5.02. The zero-order valence-electron chi connectivity index (χ0n) is 16.8. The van der Waals surface area contributed by atoms with Crippen LogP contribution < -0.4 is 4.74 Å². The SMILES string of the molecule is CN1Cc2cc(Cl)ccc2-n2c(nnc2[C@H]2CC[C@H](Oc3cncc(Cl)c3)CC2)C1. The third-order valence-corrected chi connectivity index (χ3v) is 6.35. The van der Waals surface area contributed by atoms with E-state index in [2.05, 4.69) is 43.8 Å². The zero-order chi connectivity index (χ0) is 20.7. The van der Waals surface area contributed by atoms with E-state index in [-0.39, 0.29) is 6.10 Å². The summed E-state index contributed by atoms with van der Waals surface area (Å²) < 4.78 is 8.36. The fraction of sp³-hybridized carbons (Fsp3) is 0.409. The molecule has 1 aliphatic carbocycles. The first-order valence-electron chi connectivity index (χ1n) is 10.3. The first-order chi connectivity index (χ1) is 14.6. The number of aromatic nitrogens is 4. The molecule has 0 saturated heterocycles. The molecule has 0 N–H and O–H groups in total. The molecule has 8 heteroatoms. The summed E-state index contributed by atoms with van der Waals surface area (Å²) in [5, 5.41) is 10.5. The number of pyridine rings is 1. The molecular formula is C22H23Cl2N5O. The number of hydrogen-bond acceptors (Lipinski definition) is 5. The standard InChI is InChI=1S/C22H23Cl2N5O/c1-28-12-15-8-16(23)4-7-20(15)29-21(13-28)26-27-22(29)14-2-5-18(6-3-14)30-19-9-17(24)10-25-11-19/h4,7-11,14,18H,2-3,5-6,12-13H2,1H3/t14-,18-. The topological polar surface area (TPSA) is 56.1 Å². The van der Waals surface area contributed by atoms with Crippen molar-refractivity contribution in [3.63, 3.8) is 0 Å². The van der Waals surface area contributed by atoms with Crippen LogP contribution in [0.25, 0.3) is 5.69 Å². The maximum absolute atomic E-state index is 6.27. The molecule has 0 spiro atoms. The van der Waals surface area contributed by atoms with E-state index in [0.29, 0.717) is 10.9 Å². The highest BCUT2D eigenvalue weighted by atomic mass is 35.5. The van der Waals surface area contributed by atoms with Crippen LogP contribution in [0.4, 0.5) is 0 Å². The van der Waals surface area contributed by atoms with Gasteiger partial charge in [-0.1, -0.05) is 23.2 Å². The van der Waals surface area contributed by atoms with Gasteiger partial charge in [-0.3, -0.25) is 14.5 Å². The van der Waals surface area contributed by atoms with Crippen LogP contribution in [-0.4, -0.2) is 37.8 Å². The van der Waals surface area contributed by atoms with Crippen LogP contribution in [0, 0.1) is 0 Å². The van der Waals surface area contributed by atoms with Crippen molar-refractivity contribution in [2.75, 3.05) is 7.05 Å². The van der Waals surface area contributed by atoms with E-state index in [1.54, 1.807) is 12.4 Å². The van der Waals surface area contributed by atoms with Gasteiger partial charge in [0.15, 0.2) is 5.82 Å². The molecule has 3 heterocycles. The van der Waals surface area contributed by atoms with Crippen LogP contribution in [0.1, 0.15) is 48.8 Å². The molecule has 30 heavy (non-hydrogen) atoms. The van der Waals surface area contributed by atoms with E-state index < -0.39 is 0 Å². The third kappa shape index (κ3) is 3.92. The lowest BCUT2D eigenvalue weighted by atomic mass is 9.86. The predicted molar refractivity (Wildman–Crippen MR) is 116 cm³/mol. The Morgan fingerprint density at radius 2 is 1.80 bits per heavy atom. The molecule has 2 aromatic heterocycles. The number of hydrogen-bond donors (Lipinski definition) is 0. The number of halogens is 2. The summed E-state index contributed by atoms with van der Waals surface area (Å²) in [5.74, 6) is 3.12.